The van der Waals surface area contributed by atoms with Crippen molar-refractivity contribution < 1.29 is 4.79 Å². The minimum atomic E-state index is 0.336. The number of ketones is 1. The van der Waals surface area contributed by atoms with Crippen molar-refractivity contribution in [2.24, 2.45) is 29.1 Å². The Bertz CT molecular complexity index is 603. The summed E-state index contributed by atoms with van der Waals surface area (Å²) in [6.07, 6.45) is 13.8. The first-order valence-corrected chi connectivity index (χ1v) is 9.16. The van der Waals surface area contributed by atoms with Gasteiger partial charge in [0, 0.05) is 6.42 Å². The molecule has 0 radical (unpaired) electrons. The van der Waals surface area contributed by atoms with Crippen molar-refractivity contribution in [3.63, 3.8) is 0 Å². The highest BCUT2D eigenvalue weighted by Crippen LogP contribution is 2.60. The van der Waals surface area contributed by atoms with Crippen LogP contribution in [0.25, 0.3) is 0 Å². The van der Waals surface area contributed by atoms with Crippen molar-refractivity contribution in [2.45, 2.75) is 59.3 Å². The Balaban J connectivity index is 1.78. The molecule has 118 valence electrons. The van der Waals surface area contributed by atoms with Gasteiger partial charge in [-0.1, -0.05) is 32.9 Å². The zero-order chi connectivity index (χ0) is 15.5. The maximum atomic E-state index is 11.7. The molecule has 4 aliphatic carbocycles. The molecule has 0 aromatic carbocycles. The van der Waals surface area contributed by atoms with Crippen LogP contribution in [0.1, 0.15) is 59.3 Å². The van der Waals surface area contributed by atoms with Crippen LogP contribution in [0.5, 0.6) is 0 Å². The number of hydrogen-bond acceptors (Lipinski definition) is 1. The molecule has 1 heteroatoms. The van der Waals surface area contributed by atoms with E-state index in [1.165, 1.54) is 30.4 Å². The van der Waals surface area contributed by atoms with Gasteiger partial charge in [-0.3, -0.25) is 4.79 Å². The number of carbonyl (C=O) groups excluding carboxylic acids is 1. The molecule has 0 aliphatic heterocycles. The molecule has 4 rings (SSSR count). The molecule has 0 amide bonds. The standard InChI is InChI=1S/C21H28O/c1-13(2)19-8-9-20-18-6-4-14-12-15(22)5-7-16(14)17(18)10-11-21(19,20)3/h10-13,18-20H,4-9H2,1-3H3. The van der Waals surface area contributed by atoms with E-state index in [-0.39, 0.29) is 0 Å². The van der Waals surface area contributed by atoms with Gasteiger partial charge in [-0.2, -0.15) is 0 Å². The number of rotatable bonds is 1. The summed E-state index contributed by atoms with van der Waals surface area (Å²) < 4.78 is 0. The van der Waals surface area contributed by atoms with Crippen LogP contribution in [0.2, 0.25) is 0 Å². The van der Waals surface area contributed by atoms with Gasteiger partial charge in [0.05, 0.1) is 0 Å². The van der Waals surface area contributed by atoms with Crippen LogP contribution in [-0.4, -0.2) is 5.78 Å². The Labute approximate surface area is 134 Å². The summed E-state index contributed by atoms with van der Waals surface area (Å²) in [5, 5.41) is 0. The first kappa shape index (κ1) is 14.5. The monoisotopic (exact) mass is 296 g/mol. The Morgan fingerprint density at radius 2 is 1.95 bits per heavy atom. The van der Waals surface area contributed by atoms with E-state index in [2.05, 4.69) is 32.9 Å². The lowest BCUT2D eigenvalue weighted by atomic mass is 9.58. The van der Waals surface area contributed by atoms with Gasteiger partial charge in [-0.05, 0) is 84.0 Å². The third kappa shape index (κ3) is 1.94. The summed E-state index contributed by atoms with van der Waals surface area (Å²) in [7, 11) is 0. The van der Waals surface area contributed by atoms with E-state index in [1.807, 2.05) is 6.08 Å². The van der Waals surface area contributed by atoms with Gasteiger partial charge in [0.1, 0.15) is 0 Å². The highest BCUT2D eigenvalue weighted by Gasteiger charge is 2.52. The highest BCUT2D eigenvalue weighted by molar-refractivity contribution is 5.93. The van der Waals surface area contributed by atoms with E-state index in [9.17, 15) is 4.79 Å². The maximum Gasteiger partial charge on any atom is 0.156 e. The molecule has 4 aliphatic rings. The third-order valence-electron chi connectivity index (χ3n) is 7.12. The van der Waals surface area contributed by atoms with E-state index >= 15 is 0 Å². The van der Waals surface area contributed by atoms with Crippen molar-refractivity contribution >= 4 is 5.78 Å². The Hall–Kier alpha value is -1.11. The molecule has 4 atom stereocenters. The van der Waals surface area contributed by atoms with Crippen LogP contribution < -0.4 is 0 Å². The van der Waals surface area contributed by atoms with Crippen LogP contribution >= 0.6 is 0 Å². The van der Waals surface area contributed by atoms with Crippen molar-refractivity contribution in [3.8, 4) is 0 Å². The first-order chi connectivity index (χ1) is 10.5. The molecule has 22 heavy (non-hydrogen) atoms. The zero-order valence-corrected chi connectivity index (χ0v) is 14.2. The fourth-order valence-electron chi connectivity index (χ4n) is 6.11. The topological polar surface area (TPSA) is 17.1 Å². The minimum Gasteiger partial charge on any atom is -0.295 e. The summed E-state index contributed by atoms with van der Waals surface area (Å²) in [5.41, 5.74) is 4.88. The van der Waals surface area contributed by atoms with Crippen molar-refractivity contribution in [1.29, 1.82) is 0 Å². The molecule has 1 nitrogen and oxygen atoms in total. The van der Waals surface area contributed by atoms with Gasteiger partial charge >= 0.3 is 0 Å². The van der Waals surface area contributed by atoms with Crippen LogP contribution in [0, 0.1) is 29.1 Å². The lowest BCUT2D eigenvalue weighted by Crippen LogP contribution is -2.38. The van der Waals surface area contributed by atoms with Crippen LogP contribution in [0.3, 0.4) is 0 Å². The predicted octanol–water partition coefficient (Wildman–Crippen LogP) is 5.24. The number of carbonyl (C=O) groups is 1. The third-order valence-corrected chi connectivity index (χ3v) is 7.12. The first-order valence-electron chi connectivity index (χ1n) is 9.16. The van der Waals surface area contributed by atoms with Gasteiger partial charge in [0.15, 0.2) is 5.78 Å². The molecule has 4 unspecified atom stereocenters. The Morgan fingerprint density at radius 1 is 1.14 bits per heavy atom. The van der Waals surface area contributed by atoms with Crippen molar-refractivity contribution in [2.75, 3.05) is 0 Å². The molecule has 0 bridgehead atoms. The SMILES string of the molecule is CC(C)C1CCC2C3CCC4=CC(=O)CCC4=C3C=CC12C. The van der Waals surface area contributed by atoms with Crippen molar-refractivity contribution in [1.82, 2.24) is 0 Å². The maximum absolute atomic E-state index is 11.7. The second-order valence-corrected chi connectivity index (χ2v) is 8.45. The van der Waals surface area contributed by atoms with E-state index in [0.29, 0.717) is 11.2 Å². The molecule has 0 heterocycles. The summed E-state index contributed by atoms with van der Waals surface area (Å²) in [4.78, 5) is 11.7. The minimum absolute atomic E-state index is 0.336. The number of fused-ring (bicyclic) bond motifs is 4. The lowest BCUT2D eigenvalue weighted by Gasteiger charge is -2.46. The fraction of sp³-hybridized carbons (Fsp3) is 0.667. The Morgan fingerprint density at radius 3 is 2.73 bits per heavy atom. The molecular formula is C21H28O. The number of allylic oxidation sites excluding steroid dienone is 6. The Kier molecular flexibility index (Phi) is 3.25. The molecule has 0 aromatic rings. The lowest BCUT2D eigenvalue weighted by molar-refractivity contribution is -0.114. The molecule has 1 fully saturated rings. The second kappa shape index (κ2) is 4.94. The summed E-state index contributed by atoms with van der Waals surface area (Å²) >= 11 is 0. The van der Waals surface area contributed by atoms with E-state index in [0.717, 1.165) is 42.9 Å². The van der Waals surface area contributed by atoms with Gasteiger partial charge in [-0.25, -0.2) is 0 Å². The van der Waals surface area contributed by atoms with Crippen LogP contribution in [0.15, 0.2) is 34.9 Å². The van der Waals surface area contributed by atoms with Gasteiger partial charge in [0.25, 0.3) is 0 Å². The van der Waals surface area contributed by atoms with Gasteiger partial charge in [-0.15, -0.1) is 0 Å². The highest BCUT2D eigenvalue weighted by atomic mass is 16.1. The average molecular weight is 296 g/mol. The van der Waals surface area contributed by atoms with E-state index in [1.54, 1.807) is 5.57 Å². The molecule has 0 N–H and O–H groups in total. The second-order valence-electron chi connectivity index (χ2n) is 8.45. The molecule has 1 saturated carbocycles. The van der Waals surface area contributed by atoms with E-state index in [4.69, 9.17) is 0 Å². The molecule has 0 spiro atoms. The smallest absolute Gasteiger partial charge is 0.156 e. The summed E-state index contributed by atoms with van der Waals surface area (Å²) in [5.74, 6) is 3.53. The zero-order valence-electron chi connectivity index (χ0n) is 14.2. The van der Waals surface area contributed by atoms with Crippen molar-refractivity contribution in [3.05, 3.63) is 34.9 Å². The summed E-state index contributed by atoms with van der Waals surface area (Å²) in [6.45, 7) is 7.31. The van der Waals surface area contributed by atoms with Crippen LogP contribution in [0.4, 0.5) is 0 Å². The number of hydrogen-bond donors (Lipinski definition) is 0. The average Bonchev–Trinajstić information content (AvgIpc) is 2.84. The molecular weight excluding hydrogens is 268 g/mol. The van der Waals surface area contributed by atoms with Gasteiger partial charge < -0.3 is 0 Å². The van der Waals surface area contributed by atoms with Crippen LogP contribution in [-0.2, 0) is 4.79 Å². The predicted molar refractivity (Wildman–Crippen MR) is 90.4 cm³/mol. The molecule has 0 saturated heterocycles. The quantitative estimate of drug-likeness (QED) is 0.646. The normalized spacial score (nSPS) is 40.5. The summed E-state index contributed by atoms with van der Waals surface area (Å²) in [6, 6.07) is 0. The fourth-order valence-corrected chi connectivity index (χ4v) is 6.11. The van der Waals surface area contributed by atoms with E-state index < -0.39 is 0 Å². The largest absolute Gasteiger partial charge is 0.295 e. The van der Waals surface area contributed by atoms with Gasteiger partial charge in [0.2, 0.25) is 0 Å². The molecule has 0 aromatic heterocycles.